The van der Waals surface area contributed by atoms with Gasteiger partial charge in [-0.15, -0.1) is 0 Å². The molecule has 1 aliphatic rings. The molecule has 0 aromatic heterocycles. The number of carbonyl (C=O) groups excluding carboxylic acids is 1. The lowest BCUT2D eigenvalue weighted by Gasteiger charge is -2.19. The van der Waals surface area contributed by atoms with E-state index >= 15 is 0 Å². The fraction of sp³-hybridized carbons (Fsp3) is 0.409. The van der Waals surface area contributed by atoms with E-state index in [4.69, 9.17) is 5.11 Å². The maximum Gasteiger partial charge on any atom is 0.251 e. The van der Waals surface area contributed by atoms with E-state index in [1.165, 1.54) is 12.8 Å². The Morgan fingerprint density at radius 2 is 1.81 bits per heavy atom. The topological polar surface area (TPSA) is 72.8 Å². The smallest absolute Gasteiger partial charge is 0.251 e. The molecular formula is C22H28N2O3. The van der Waals surface area contributed by atoms with E-state index in [1.807, 2.05) is 42.5 Å². The molecule has 1 fully saturated rings. The van der Waals surface area contributed by atoms with Crippen LogP contribution < -0.4 is 5.32 Å². The SMILES string of the molecule is O=C(NC[C@@H](O)CN1CCCC1)c1cccc(-c2ccc(CCO)cc2)c1. The molecule has 3 N–H and O–H groups in total. The van der Waals surface area contributed by atoms with Gasteiger partial charge in [0.15, 0.2) is 0 Å². The fourth-order valence-electron chi connectivity index (χ4n) is 3.47. The Kier molecular flexibility index (Phi) is 6.98. The molecule has 0 bridgehead atoms. The van der Waals surface area contributed by atoms with Crippen LogP contribution >= 0.6 is 0 Å². The van der Waals surface area contributed by atoms with Gasteiger partial charge in [0, 0.05) is 25.3 Å². The predicted molar refractivity (Wildman–Crippen MR) is 107 cm³/mol. The summed E-state index contributed by atoms with van der Waals surface area (Å²) in [5.41, 5.74) is 3.67. The van der Waals surface area contributed by atoms with Gasteiger partial charge in [0.1, 0.15) is 0 Å². The van der Waals surface area contributed by atoms with Gasteiger partial charge >= 0.3 is 0 Å². The number of rotatable bonds is 8. The highest BCUT2D eigenvalue weighted by Crippen LogP contribution is 2.21. The molecular weight excluding hydrogens is 340 g/mol. The van der Waals surface area contributed by atoms with Crippen molar-refractivity contribution in [3.8, 4) is 11.1 Å². The van der Waals surface area contributed by atoms with Crippen LogP contribution in [0.3, 0.4) is 0 Å². The highest BCUT2D eigenvalue weighted by molar-refractivity contribution is 5.95. The van der Waals surface area contributed by atoms with Crippen LogP contribution in [0, 0.1) is 0 Å². The van der Waals surface area contributed by atoms with Crippen molar-refractivity contribution < 1.29 is 15.0 Å². The van der Waals surface area contributed by atoms with Gasteiger partial charge in [-0.05, 0) is 61.2 Å². The summed E-state index contributed by atoms with van der Waals surface area (Å²) in [5, 5.41) is 22.0. The molecule has 1 heterocycles. The van der Waals surface area contributed by atoms with Crippen molar-refractivity contribution in [1.82, 2.24) is 10.2 Å². The predicted octanol–water partition coefficient (Wildman–Crippen LogP) is 2.07. The lowest BCUT2D eigenvalue weighted by molar-refractivity contribution is 0.0879. The van der Waals surface area contributed by atoms with Crippen LogP contribution in [-0.2, 0) is 6.42 Å². The molecule has 0 aliphatic carbocycles. The summed E-state index contributed by atoms with van der Waals surface area (Å²) in [6, 6.07) is 15.5. The molecule has 2 aromatic carbocycles. The van der Waals surface area contributed by atoms with E-state index in [0.717, 1.165) is 29.8 Å². The average Bonchev–Trinajstić information content (AvgIpc) is 3.20. The van der Waals surface area contributed by atoms with Gasteiger partial charge in [0.25, 0.3) is 5.91 Å². The zero-order valence-electron chi connectivity index (χ0n) is 15.6. The number of hydrogen-bond acceptors (Lipinski definition) is 4. The summed E-state index contributed by atoms with van der Waals surface area (Å²) in [6.45, 7) is 3.07. The van der Waals surface area contributed by atoms with Gasteiger partial charge in [-0.1, -0.05) is 36.4 Å². The number of nitrogens with zero attached hydrogens (tertiary/aromatic N) is 1. The first-order chi connectivity index (χ1) is 13.2. The van der Waals surface area contributed by atoms with Crippen LogP contribution in [-0.4, -0.2) is 59.9 Å². The molecule has 5 nitrogen and oxygen atoms in total. The third-order valence-electron chi connectivity index (χ3n) is 4.98. The normalized spacial score (nSPS) is 15.6. The van der Waals surface area contributed by atoms with E-state index in [9.17, 15) is 9.90 Å². The number of likely N-dealkylation sites (tertiary alicyclic amines) is 1. The molecule has 1 aliphatic heterocycles. The van der Waals surface area contributed by atoms with Gasteiger partial charge in [0.2, 0.25) is 0 Å². The van der Waals surface area contributed by atoms with Crippen LogP contribution in [0.25, 0.3) is 11.1 Å². The van der Waals surface area contributed by atoms with Crippen molar-refractivity contribution >= 4 is 5.91 Å². The Morgan fingerprint density at radius 3 is 2.52 bits per heavy atom. The molecule has 1 amide bonds. The van der Waals surface area contributed by atoms with Gasteiger partial charge < -0.3 is 20.4 Å². The second kappa shape index (κ2) is 9.65. The molecule has 1 atom stereocenters. The van der Waals surface area contributed by atoms with E-state index in [1.54, 1.807) is 6.07 Å². The van der Waals surface area contributed by atoms with Crippen molar-refractivity contribution in [1.29, 1.82) is 0 Å². The third-order valence-corrected chi connectivity index (χ3v) is 4.98. The molecule has 0 unspecified atom stereocenters. The maximum atomic E-state index is 12.4. The molecule has 144 valence electrons. The van der Waals surface area contributed by atoms with Crippen molar-refractivity contribution in [2.75, 3.05) is 32.8 Å². The van der Waals surface area contributed by atoms with E-state index in [2.05, 4.69) is 10.2 Å². The van der Waals surface area contributed by atoms with Crippen LogP contribution in [0.15, 0.2) is 48.5 Å². The van der Waals surface area contributed by atoms with E-state index < -0.39 is 6.10 Å². The average molecular weight is 368 g/mol. The standard InChI is InChI=1S/C22H28N2O3/c25-13-10-17-6-8-18(9-7-17)19-4-3-5-20(14-19)22(27)23-15-21(26)16-24-11-1-2-12-24/h3-9,14,21,25-26H,1-2,10-13,15-16H2,(H,23,27)/t21-/m1/s1. The Labute approximate surface area is 160 Å². The molecule has 0 spiro atoms. The highest BCUT2D eigenvalue weighted by Gasteiger charge is 2.16. The monoisotopic (exact) mass is 368 g/mol. The molecule has 0 saturated carbocycles. The maximum absolute atomic E-state index is 12.4. The van der Waals surface area contributed by atoms with E-state index in [0.29, 0.717) is 18.5 Å². The van der Waals surface area contributed by atoms with E-state index in [-0.39, 0.29) is 19.1 Å². The summed E-state index contributed by atoms with van der Waals surface area (Å²) in [6.07, 6.45) is 2.47. The van der Waals surface area contributed by atoms with Gasteiger partial charge in [-0.3, -0.25) is 4.79 Å². The number of aliphatic hydroxyl groups excluding tert-OH is 2. The Bertz CT molecular complexity index is 739. The minimum Gasteiger partial charge on any atom is -0.396 e. The van der Waals surface area contributed by atoms with Crippen molar-refractivity contribution in [2.45, 2.75) is 25.4 Å². The van der Waals surface area contributed by atoms with Gasteiger partial charge in [0.05, 0.1) is 6.10 Å². The van der Waals surface area contributed by atoms with Crippen LogP contribution in [0.4, 0.5) is 0 Å². The van der Waals surface area contributed by atoms with Crippen LogP contribution in [0.1, 0.15) is 28.8 Å². The number of hydrogen-bond donors (Lipinski definition) is 3. The number of nitrogens with one attached hydrogen (secondary N) is 1. The van der Waals surface area contributed by atoms with Crippen LogP contribution in [0.2, 0.25) is 0 Å². The third kappa shape index (κ3) is 5.63. The summed E-state index contributed by atoms with van der Waals surface area (Å²) >= 11 is 0. The first-order valence-electron chi connectivity index (χ1n) is 9.64. The fourth-order valence-corrected chi connectivity index (χ4v) is 3.47. The Balaban J connectivity index is 1.58. The lowest BCUT2D eigenvalue weighted by atomic mass is 10.0. The number of benzene rings is 2. The van der Waals surface area contributed by atoms with Crippen molar-refractivity contribution in [3.05, 3.63) is 59.7 Å². The first kappa shape index (κ1) is 19.5. The number of carbonyl (C=O) groups is 1. The Hall–Kier alpha value is -2.21. The first-order valence-corrected chi connectivity index (χ1v) is 9.64. The molecule has 0 radical (unpaired) electrons. The second-order valence-electron chi connectivity index (χ2n) is 7.12. The number of aliphatic hydroxyl groups is 2. The molecule has 5 heteroatoms. The lowest BCUT2D eigenvalue weighted by Crippen LogP contribution is -2.39. The summed E-state index contributed by atoms with van der Waals surface area (Å²) in [7, 11) is 0. The van der Waals surface area contributed by atoms with Gasteiger partial charge in [-0.2, -0.15) is 0 Å². The molecule has 3 rings (SSSR count). The summed E-state index contributed by atoms with van der Waals surface area (Å²) < 4.78 is 0. The van der Waals surface area contributed by atoms with Gasteiger partial charge in [-0.25, -0.2) is 0 Å². The zero-order valence-corrected chi connectivity index (χ0v) is 15.6. The second-order valence-corrected chi connectivity index (χ2v) is 7.12. The summed E-state index contributed by atoms with van der Waals surface area (Å²) in [5.74, 6) is -0.172. The minimum atomic E-state index is -0.547. The zero-order chi connectivity index (χ0) is 19.1. The number of amides is 1. The minimum absolute atomic E-state index is 0.138. The van der Waals surface area contributed by atoms with Crippen LogP contribution in [0.5, 0.6) is 0 Å². The Morgan fingerprint density at radius 1 is 1.07 bits per heavy atom. The highest BCUT2D eigenvalue weighted by atomic mass is 16.3. The quantitative estimate of drug-likeness (QED) is 0.667. The van der Waals surface area contributed by atoms with Crippen molar-refractivity contribution in [3.63, 3.8) is 0 Å². The number of β-amino-alcohol motifs (C(OH)–C–C–N with tert-alkyl or cyclic N) is 1. The molecule has 27 heavy (non-hydrogen) atoms. The van der Waals surface area contributed by atoms with Crippen molar-refractivity contribution in [2.24, 2.45) is 0 Å². The largest absolute Gasteiger partial charge is 0.396 e. The molecule has 2 aromatic rings. The molecule has 1 saturated heterocycles. The summed E-state index contributed by atoms with van der Waals surface area (Å²) in [4.78, 5) is 14.7.